The Morgan fingerprint density at radius 3 is 2.47 bits per heavy atom. The highest BCUT2D eigenvalue weighted by atomic mass is 35.5. The molecule has 178 valence electrons. The molecule has 0 spiro atoms. The first kappa shape index (κ1) is 23.0. The van der Waals surface area contributed by atoms with E-state index in [2.05, 4.69) is 9.88 Å². The maximum absolute atomic E-state index is 13.4. The lowest BCUT2D eigenvalue weighted by atomic mass is 10.1. The molecule has 0 radical (unpaired) electrons. The van der Waals surface area contributed by atoms with Gasteiger partial charge in [-0.1, -0.05) is 17.7 Å². The molecule has 0 aliphatic carbocycles. The van der Waals surface area contributed by atoms with Gasteiger partial charge in [-0.25, -0.2) is 17.8 Å². The number of rotatable bonds is 5. The van der Waals surface area contributed by atoms with Gasteiger partial charge in [-0.05, 0) is 61.7 Å². The lowest BCUT2D eigenvalue weighted by Gasteiger charge is -2.31. The molecule has 0 N–H and O–H groups in total. The quantitative estimate of drug-likeness (QED) is 0.499. The minimum absolute atomic E-state index is 0.0704. The SMILES string of the molecule is O=S(=O)(c1cccc(Cl)c1)N1CCc2nc(N3CCCCC3)nc(Oc3ccc(F)cc3)c2C1. The number of nitrogens with zero attached hydrogens (tertiary/aromatic N) is 4. The van der Waals surface area contributed by atoms with Gasteiger partial charge in [-0.2, -0.15) is 9.29 Å². The van der Waals surface area contributed by atoms with Crippen LogP contribution in [0.1, 0.15) is 30.5 Å². The van der Waals surface area contributed by atoms with Crippen LogP contribution in [0.5, 0.6) is 11.6 Å². The van der Waals surface area contributed by atoms with E-state index in [4.69, 9.17) is 21.3 Å². The highest BCUT2D eigenvalue weighted by Crippen LogP contribution is 2.34. The molecule has 2 aliphatic heterocycles. The van der Waals surface area contributed by atoms with Crippen LogP contribution in [0, 0.1) is 5.82 Å². The second-order valence-corrected chi connectivity index (χ2v) is 10.8. The fraction of sp³-hybridized carbons (Fsp3) is 0.333. The normalized spacial score (nSPS) is 16.8. The third-order valence-corrected chi connectivity index (χ3v) is 8.15. The van der Waals surface area contributed by atoms with Crippen molar-refractivity contribution in [2.45, 2.75) is 37.1 Å². The average Bonchev–Trinajstić information content (AvgIpc) is 2.85. The second kappa shape index (κ2) is 9.48. The largest absolute Gasteiger partial charge is 0.438 e. The van der Waals surface area contributed by atoms with Gasteiger partial charge in [-0.3, -0.25) is 0 Å². The Kier molecular flexibility index (Phi) is 6.42. The Morgan fingerprint density at radius 2 is 1.74 bits per heavy atom. The van der Waals surface area contributed by atoms with E-state index >= 15 is 0 Å². The van der Waals surface area contributed by atoms with Gasteiger partial charge in [0.15, 0.2) is 0 Å². The molecule has 1 fully saturated rings. The van der Waals surface area contributed by atoms with E-state index in [-0.39, 0.29) is 23.8 Å². The van der Waals surface area contributed by atoms with Crippen molar-refractivity contribution in [2.75, 3.05) is 24.5 Å². The van der Waals surface area contributed by atoms with E-state index in [1.54, 1.807) is 12.1 Å². The smallest absolute Gasteiger partial charge is 0.243 e. The molecule has 0 unspecified atom stereocenters. The van der Waals surface area contributed by atoms with Crippen LogP contribution < -0.4 is 9.64 Å². The van der Waals surface area contributed by atoms with E-state index in [0.717, 1.165) is 31.6 Å². The van der Waals surface area contributed by atoms with Gasteiger partial charge in [0.05, 0.1) is 16.2 Å². The molecule has 0 atom stereocenters. The molecular formula is C24H24ClFN4O3S. The summed E-state index contributed by atoms with van der Waals surface area (Å²) < 4.78 is 47.5. The Morgan fingerprint density at radius 1 is 0.971 bits per heavy atom. The highest BCUT2D eigenvalue weighted by Gasteiger charge is 2.32. The second-order valence-electron chi connectivity index (χ2n) is 8.40. The monoisotopic (exact) mass is 502 g/mol. The molecule has 2 aromatic carbocycles. The zero-order valence-electron chi connectivity index (χ0n) is 18.5. The van der Waals surface area contributed by atoms with Crippen LogP contribution in [0.2, 0.25) is 5.02 Å². The zero-order chi connectivity index (χ0) is 23.7. The van der Waals surface area contributed by atoms with E-state index in [1.165, 1.54) is 47.1 Å². The first-order valence-electron chi connectivity index (χ1n) is 11.2. The van der Waals surface area contributed by atoms with Crippen molar-refractivity contribution >= 4 is 27.6 Å². The predicted molar refractivity (Wildman–Crippen MR) is 127 cm³/mol. The van der Waals surface area contributed by atoms with Gasteiger partial charge in [0, 0.05) is 37.6 Å². The van der Waals surface area contributed by atoms with Gasteiger partial charge in [0.2, 0.25) is 21.9 Å². The van der Waals surface area contributed by atoms with E-state index < -0.39 is 10.0 Å². The summed E-state index contributed by atoms with van der Waals surface area (Å²) in [6.07, 6.45) is 3.75. The molecule has 1 saturated heterocycles. The lowest BCUT2D eigenvalue weighted by Crippen LogP contribution is -2.37. The molecule has 0 amide bonds. The van der Waals surface area contributed by atoms with Crippen LogP contribution in [-0.2, 0) is 23.0 Å². The van der Waals surface area contributed by atoms with Crippen LogP contribution in [0.25, 0.3) is 0 Å². The molecule has 2 aliphatic rings. The summed E-state index contributed by atoms with van der Waals surface area (Å²) in [5.41, 5.74) is 1.38. The van der Waals surface area contributed by atoms with E-state index in [1.807, 2.05) is 0 Å². The number of fused-ring (bicyclic) bond motifs is 1. The Hall–Kier alpha value is -2.75. The van der Waals surface area contributed by atoms with Crippen LogP contribution in [0.3, 0.4) is 0 Å². The summed E-state index contributed by atoms with van der Waals surface area (Å²) in [6.45, 7) is 2.09. The maximum atomic E-state index is 13.4. The summed E-state index contributed by atoms with van der Waals surface area (Å²) in [7, 11) is -3.78. The third-order valence-electron chi connectivity index (χ3n) is 6.08. The van der Waals surface area contributed by atoms with Crippen molar-refractivity contribution in [1.29, 1.82) is 0 Å². The standard InChI is InChI=1S/C24H24ClFN4O3S/c25-17-5-4-6-20(15-17)34(31,32)30-14-11-22-21(16-30)23(33-19-9-7-18(26)8-10-19)28-24(27-22)29-12-2-1-3-13-29/h4-10,15H,1-3,11-14,16H2. The minimum atomic E-state index is -3.78. The number of hydrogen-bond donors (Lipinski definition) is 0. The summed E-state index contributed by atoms with van der Waals surface area (Å²) in [5, 5.41) is 0.355. The number of anilines is 1. The number of halogens is 2. The Labute approximate surface area is 203 Å². The number of benzene rings is 2. The maximum Gasteiger partial charge on any atom is 0.243 e. The van der Waals surface area contributed by atoms with Crippen molar-refractivity contribution in [3.63, 3.8) is 0 Å². The van der Waals surface area contributed by atoms with Crippen LogP contribution in [0.4, 0.5) is 10.3 Å². The molecule has 7 nitrogen and oxygen atoms in total. The Bertz CT molecular complexity index is 1300. The third kappa shape index (κ3) is 4.73. The number of piperidine rings is 1. The van der Waals surface area contributed by atoms with Crippen LogP contribution in [-0.4, -0.2) is 42.3 Å². The molecule has 5 rings (SSSR count). The minimum Gasteiger partial charge on any atom is -0.438 e. The fourth-order valence-corrected chi connectivity index (χ4v) is 5.97. The van der Waals surface area contributed by atoms with Crippen molar-refractivity contribution in [3.8, 4) is 11.6 Å². The predicted octanol–water partition coefficient (Wildman–Crippen LogP) is 4.80. The number of sulfonamides is 1. The summed E-state index contributed by atoms with van der Waals surface area (Å²) in [6, 6.07) is 11.9. The molecule has 34 heavy (non-hydrogen) atoms. The van der Waals surface area contributed by atoms with Gasteiger partial charge < -0.3 is 9.64 Å². The first-order valence-corrected chi connectivity index (χ1v) is 13.1. The van der Waals surface area contributed by atoms with Gasteiger partial charge >= 0.3 is 0 Å². The van der Waals surface area contributed by atoms with Crippen molar-refractivity contribution in [2.24, 2.45) is 0 Å². The van der Waals surface area contributed by atoms with Gasteiger partial charge in [-0.15, -0.1) is 0 Å². The van der Waals surface area contributed by atoms with Gasteiger partial charge in [0.1, 0.15) is 11.6 Å². The molecule has 10 heteroatoms. The molecular weight excluding hydrogens is 479 g/mol. The topological polar surface area (TPSA) is 75.6 Å². The summed E-state index contributed by atoms with van der Waals surface area (Å²) in [5.74, 6) is 0.927. The average molecular weight is 503 g/mol. The van der Waals surface area contributed by atoms with Gasteiger partial charge in [0.25, 0.3) is 0 Å². The van der Waals surface area contributed by atoms with Crippen molar-refractivity contribution in [3.05, 3.63) is 70.6 Å². The van der Waals surface area contributed by atoms with Crippen molar-refractivity contribution < 1.29 is 17.5 Å². The fourth-order valence-electron chi connectivity index (χ4n) is 4.26. The van der Waals surface area contributed by atoms with E-state index in [9.17, 15) is 12.8 Å². The van der Waals surface area contributed by atoms with Crippen molar-refractivity contribution in [1.82, 2.24) is 14.3 Å². The van der Waals surface area contributed by atoms with E-state index in [0.29, 0.717) is 34.6 Å². The number of ether oxygens (including phenoxy) is 1. The molecule has 3 heterocycles. The summed E-state index contributed by atoms with van der Waals surface area (Å²) in [4.78, 5) is 11.7. The number of aromatic nitrogens is 2. The summed E-state index contributed by atoms with van der Waals surface area (Å²) >= 11 is 6.03. The number of hydrogen-bond acceptors (Lipinski definition) is 6. The Balaban J connectivity index is 1.52. The molecule has 0 bridgehead atoms. The zero-order valence-corrected chi connectivity index (χ0v) is 20.0. The lowest BCUT2D eigenvalue weighted by molar-refractivity contribution is 0.368. The molecule has 3 aromatic rings. The molecule has 0 saturated carbocycles. The first-order chi connectivity index (χ1) is 16.4. The van der Waals surface area contributed by atoms with Crippen LogP contribution >= 0.6 is 11.6 Å². The van der Waals surface area contributed by atoms with Crippen LogP contribution in [0.15, 0.2) is 53.4 Å². The highest BCUT2D eigenvalue weighted by molar-refractivity contribution is 7.89. The molecule has 1 aromatic heterocycles.